The number of ether oxygens (including phenoxy) is 1. The van der Waals surface area contributed by atoms with Crippen LogP contribution in [0.25, 0.3) is 0 Å². The molecule has 16 heavy (non-hydrogen) atoms. The Kier molecular flexibility index (Phi) is 3.62. The number of alkyl halides is 3. The van der Waals surface area contributed by atoms with Crippen LogP contribution in [0.5, 0.6) is 5.75 Å². The lowest BCUT2D eigenvalue weighted by Gasteiger charge is -2.12. The van der Waals surface area contributed by atoms with Gasteiger partial charge in [-0.3, -0.25) is 4.79 Å². The Bertz CT molecular complexity index is 427. The third-order valence-electron chi connectivity index (χ3n) is 1.84. The van der Waals surface area contributed by atoms with E-state index < -0.39 is 12.1 Å². The number of ketones is 1. The molecule has 1 rings (SSSR count). The first-order valence-electron chi connectivity index (χ1n) is 4.27. The standard InChI is InChI=1S/C10H8BrF3O2/c1-5-3-7(16-10(12,13)14)4-8(6(2)15)9(5)11/h3-4H,1-2H3. The van der Waals surface area contributed by atoms with E-state index in [0.29, 0.717) is 10.0 Å². The van der Waals surface area contributed by atoms with Crippen LogP contribution < -0.4 is 4.74 Å². The maximum absolute atomic E-state index is 12.0. The molecule has 6 heteroatoms. The normalized spacial score (nSPS) is 11.4. The smallest absolute Gasteiger partial charge is 0.406 e. The van der Waals surface area contributed by atoms with E-state index in [4.69, 9.17) is 0 Å². The largest absolute Gasteiger partial charge is 0.573 e. The Labute approximate surface area is 98.5 Å². The number of hydrogen-bond donors (Lipinski definition) is 0. The van der Waals surface area contributed by atoms with Gasteiger partial charge in [0.2, 0.25) is 0 Å². The number of aryl methyl sites for hydroxylation is 1. The van der Waals surface area contributed by atoms with Gasteiger partial charge in [-0.15, -0.1) is 13.2 Å². The number of Topliss-reactive ketones (excluding diaryl/α,β-unsaturated/α-hetero) is 1. The number of benzene rings is 1. The predicted molar refractivity (Wildman–Crippen MR) is 55.6 cm³/mol. The third-order valence-corrected chi connectivity index (χ3v) is 2.89. The van der Waals surface area contributed by atoms with Crippen molar-refractivity contribution in [2.45, 2.75) is 20.2 Å². The molecule has 0 atom stereocenters. The minimum Gasteiger partial charge on any atom is -0.406 e. The highest BCUT2D eigenvalue weighted by Gasteiger charge is 2.31. The van der Waals surface area contributed by atoms with Crippen LogP contribution in [0.3, 0.4) is 0 Å². The van der Waals surface area contributed by atoms with Crippen molar-refractivity contribution >= 4 is 21.7 Å². The van der Waals surface area contributed by atoms with Crippen molar-refractivity contribution in [1.82, 2.24) is 0 Å². The zero-order valence-corrected chi connectivity index (χ0v) is 10.1. The van der Waals surface area contributed by atoms with Crippen LogP contribution in [0.15, 0.2) is 16.6 Å². The molecule has 0 aliphatic carbocycles. The molecular formula is C10H8BrF3O2. The fraction of sp³-hybridized carbons (Fsp3) is 0.300. The van der Waals surface area contributed by atoms with Crippen LogP contribution in [0.1, 0.15) is 22.8 Å². The molecule has 1 aromatic rings. The first-order valence-corrected chi connectivity index (χ1v) is 5.07. The molecule has 0 heterocycles. The molecule has 0 aliphatic heterocycles. The molecule has 0 unspecified atom stereocenters. The molecule has 0 aliphatic rings. The first kappa shape index (κ1) is 13.0. The van der Waals surface area contributed by atoms with Crippen molar-refractivity contribution in [3.05, 3.63) is 27.7 Å². The Morgan fingerprint density at radius 3 is 2.38 bits per heavy atom. The molecule has 0 radical (unpaired) electrons. The monoisotopic (exact) mass is 296 g/mol. The summed E-state index contributed by atoms with van der Waals surface area (Å²) in [6.07, 6.45) is -4.76. The van der Waals surface area contributed by atoms with E-state index in [1.807, 2.05) is 0 Å². The summed E-state index contributed by atoms with van der Waals surface area (Å²) in [6, 6.07) is 2.27. The van der Waals surface area contributed by atoms with E-state index in [0.717, 1.165) is 6.07 Å². The lowest BCUT2D eigenvalue weighted by molar-refractivity contribution is -0.274. The van der Waals surface area contributed by atoms with Crippen LogP contribution >= 0.6 is 15.9 Å². The van der Waals surface area contributed by atoms with Crippen molar-refractivity contribution in [1.29, 1.82) is 0 Å². The molecule has 0 aromatic heterocycles. The molecule has 0 fully saturated rings. The summed E-state index contributed by atoms with van der Waals surface area (Å²) in [6.45, 7) is 2.86. The van der Waals surface area contributed by atoms with Crippen LogP contribution in [-0.4, -0.2) is 12.1 Å². The molecule has 0 N–H and O–H groups in total. The fourth-order valence-corrected chi connectivity index (χ4v) is 1.69. The molecule has 2 nitrogen and oxygen atoms in total. The Morgan fingerprint density at radius 1 is 1.38 bits per heavy atom. The van der Waals surface area contributed by atoms with E-state index in [1.54, 1.807) is 6.92 Å². The summed E-state index contributed by atoms with van der Waals surface area (Å²) < 4.78 is 40.2. The minimum atomic E-state index is -4.76. The summed E-state index contributed by atoms with van der Waals surface area (Å²) in [5.74, 6) is -0.721. The van der Waals surface area contributed by atoms with E-state index in [2.05, 4.69) is 20.7 Å². The average Bonchev–Trinajstić information content (AvgIpc) is 2.07. The summed E-state index contributed by atoms with van der Waals surface area (Å²) in [5.41, 5.74) is 0.672. The Morgan fingerprint density at radius 2 is 1.94 bits per heavy atom. The highest BCUT2D eigenvalue weighted by atomic mass is 79.9. The van der Waals surface area contributed by atoms with Gasteiger partial charge < -0.3 is 4.74 Å². The lowest BCUT2D eigenvalue weighted by atomic mass is 10.1. The molecular weight excluding hydrogens is 289 g/mol. The highest BCUT2D eigenvalue weighted by Crippen LogP contribution is 2.30. The van der Waals surface area contributed by atoms with Crippen molar-refractivity contribution in [3.63, 3.8) is 0 Å². The van der Waals surface area contributed by atoms with Gasteiger partial charge in [0.15, 0.2) is 5.78 Å². The molecule has 88 valence electrons. The molecule has 0 amide bonds. The minimum absolute atomic E-state index is 0.166. The summed E-state index contributed by atoms with van der Waals surface area (Å²) in [7, 11) is 0. The van der Waals surface area contributed by atoms with Gasteiger partial charge in [0.1, 0.15) is 5.75 Å². The third kappa shape index (κ3) is 3.23. The van der Waals surface area contributed by atoms with Crippen LogP contribution in [-0.2, 0) is 0 Å². The second-order valence-corrected chi connectivity index (χ2v) is 4.00. The van der Waals surface area contributed by atoms with Gasteiger partial charge in [-0.2, -0.15) is 0 Å². The SMILES string of the molecule is CC(=O)c1cc(OC(F)(F)F)cc(C)c1Br. The van der Waals surface area contributed by atoms with Crippen LogP contribution in [0.2, 0.25) is 0 Å². The van der Waals surface area contributed by atoms with Crippen LogP contribution in [0, 0.1) is 6.92 Å². The maximum Gasteiger partial charge on any atom is 0.573 e. The fourth-order valence-electron chi connectivity index (χ4n) is 1.19. The molecule has 0 saturated carbocycles. The highest BCUT2D eigenvalue weighted by molar-refractivity contribution is 9.10. The quantitative estimate of drug-likeness (QED) is 0.775. The van der Waals surface area contributed by atoms with Gasteiger partial charge in [0.25, 0.3) is 0 Å². The topological polar surface area (TPSA) is 26.3 Å². The molecule has 0 spiro atoms. The van der Waals surface area contributed by atoms with Gasteiger partial charge in [-0.25, -0.2) is 0 Å². The number of carbonyl (C=O) groups is 1. The van der Waals surface area contributed by atoms with E-state index in [-0.39, 0.29) is 11.3 Å². The van der Waals surface area contributed by atoms with Crippen molar-refractivity contribution < 1.29 is 22.7 Å². The van der Waals surface area contributed by atoms with Gasteiger partial charge in [-0.1, -0.05) is 0 Å². The van der Waals surface area contributed by atoms with Gasteiger partial charge in [0.05, 0.1) is 0 Å². The van der Waals surface area contributed by atoms with Crippen molar-refractivity contribution in [2.24, 2.45) is 0 Å². The van der Waals surface area contributed by atoms with Crippen molar-refractivity contribution in [2.75, 3.05) is 0 Å². The number of hydrogen-bond acceptors (Lipinski definition) is 2. The summed E-state index contributed by atoms with van der Waals surface area (Å²) >= 11 is 3.14. The zero-order valence-electron chi connectivity index (χ0n) is 8.48. The summed E-state index contributed by atoms with van der Waals surface area (Å²) in [4.78, 5) is 11.2. The maximum atomic E-state index is 12.0. The molecule has 0 saturated heterocycles. The van der Waals surface area contributed by atoms with Gasteiger partial charge in [0, 0.05) is 10.0 Å². The van der Waals surface area contributed by atoms with Crippen molar-refractivity contribution in [3.8, 4) is 5.75 Å². The zero-order chi connectivity index (χ0) is 12.5. The number of rotatable bonds is 2. The van der Waals surface area contributed by atoms with E-state index in [9.17, 15) is 18.0 Å². The second kappa shape index (κ2) is 4.45. The van der Waals surface area contributed by atoms with Crippen LogP contribution in [0.4, 0.5) is 13.2 Å². The second-order valence-electron chi connectivity index (χ2n) is 3.21. The van der Waals surface area contributed by atoms with E-state index >= 15 is 0 Å². The van der Waals surface area contributed by atoms with Gasteiger partial charge in [-0.05, 0) is 47.5 Å². The van der Waals surface area contributed by atoms with Gasteiger partial charge >= 0.3 is 6.36 Å². The summed E-state index contributed by atoms with van der Waals surface area (Å²) in [5, 5.41) is 0. The number of halogens is 4. The number of carbonyl (C=O) groups excluding carboxylic acids is 1. The average molecular weight is 297 g/mol. The molecule has 1 aromatic carbocycles. The lowest BCUT2D eigenvalue weighted by Crippen LogP contribution is -2.17. The molecule has 0 bridgehead atoms. The Balaban J connectivity index is 3.19. The first-order chi connectivity index (χ1) is 7.20. The Hall–Kier alpha value is -1.04. The predicted octanol–water partition coefficient (Wildman–Crippen LogP) is 3.86. The van der Waals surface area contributed by atoms with E-state index in [1.165, 1.54) is 13.0 Å².